The molecule has 0 saturated carbocycles. The molecule has 1 atom stereocenters. The maximum absolute atomic E-state index is 12.2. The van der Waals surface area contributed by atoms with Crippen molar-refractivity contribution in [1.82, 2.24) is 15.1 Å². The molecule has 7 heteroatoms. The summed E-state index contributed by atoms with van der Waals surface area (Å²) >= 11 is 0. The number of sulfone groups is 1. The van der Waals surface area contributed by atoms with Crippen molar-refractivity contribution in [2.24, 2.45) is 0 Å². The predicted molar refractivity (Wildman–Crippen MR) is 94.1 cm³/mol. The first-order chi connectivity index (χ1) is 11.2. The van der Waals surface area contributed by atoms with Gasteiger partial charge in [0.2, 0.25) is 5.91 Å². The van der Waals surface area contributed by atoms with Gasteiger partial charge < -0.3 is 5.32 Å². The Morgan fingerprint density at radius 3 is 2.46 bits per heavy atom. The van der Waals surface area contributed by atoms with Crippen LogP contribution >= 0.6 is 0 Å². The Kier molecular flexibility index (Phi) is 5.43. The van der Waals surface area contributed by atoms with Gasteiger partial charge in [0.25, 0.3) is 0 Å². The lowest BCUT2D eigenvalue weighted by molar-refractivity contribution is -0.120. The lowest BCUT2D eigenvalue weighted by Gasteiger charge is -2.13. The Morgan fingerprint density at radius 2 is 1.88 bits per heavy atom. The van der Waals surface area contributed by atoms with Crippen LogP contribution in [-0.4, -0.2) is 42.2 Å². The lowest BCUT2D eigenvalue weighted by atomic mass is 10.1. The fraction of sp³-hybridized carbons (Fsp3) is 0.412. The van der Waals surface area contributed by atoms with Gasteiger partial charge in [-0.25, -0.2) is 13.1 Å². The molecule has 1 aromatic heterocycles. The van der Waals surface area contributed by atoms with Crippen LogP contribution in [0.5, 0.6) is 0 Å². The van der Waals surface area contributed by atoms with Crippen molar-refractivity contribution in [2.75, 3.05) is 12.0 Å². The summed E-state index contributed by atoms with van der Waals surface area (Å²) < 4.78 is 24.4. The number of benzene rings is 1. The number of amides is 1. The monoisotopic (exact) mass is 349 g/mol. The molecule has 0 aliphatic carbocycles. The SMILES string of the molecule is Cc1nn(-c2ccccc2)c(C)c1CC(=O)NC(C)CS(C)(=O)=O. The second-order valence-electron chi connectivity index (χ2n) is 6.13. The first-order valence-electron chi connectivity index (χ1n) is 7.75. The number of nitrogens with one attached hydrogen (secondary N) is 1. The fourth-order valence-electron chi connectivity index (χ4n) is 2.73. The Labute approximate surface area is 142 Å². The maximum atomic E-state index is 12.2. The number of aryl methyl sites for hydroxylation is 1. The molecular weight excluding hydrogens is 326 g/mol. The van der Waals surface area contributed by atoms with E-state index < -0.39 is 15.9 Å². The van der Waals surface area contributed by atoms with Gasteiger partial charge in [-0.1, -0.05) is 18.2 Å². The Morgan fingerprint density at radius 1 is 1.25 bits per heavy atom. The van der Waals surface area contributed by atoms with E-state index in [1.54, 1.807) is 6.92 Å². The minimum Gasteiger partial charge on any atom is -0.352 e. The molecule has 1 heterocycles. The van der Waals surface area contributed by atoms with E-state index in [-0.39, 0.29) is 18.1 Å². The van der Waals surface area contributed by atoms with Gasteiger partial charge in [0.1, 0.15) is 9.84 Å². The van der Waals surface area contributed by atoms with Crippen molar-refractivity contribution in [3.05, 3.63) is 47.3 Å². The summed E-state index contributed by atoms with van der Waals surface area (Å²) in [5.74, 6) is -0.273. The smallest absolute Gasteiger partial charge is 0.224 e. The topological polar surface area (TPSA) is 81.1 Å². The number of carbonyl (C=O) groups excluding carboxylic acids is 1. The number of carbonyl (C=O) groups is 1. The molecule has 0 aliphatic heterocycles. The molecule has 0 bridgehead atoms. The van der Waals surface area contributed by atoms with Crippen molar-refractivity contribution in [2.45, 2.75) is 33.2 Å². The number of aromatic nitrogens is 2. The summed E-state index contributed by atoms with van der Waals surface area (Å²) in [7, 11) is -3.12. The molecular formula is C17H23N3O3S. The maximum Gasteiger partial charge on any atom is 0.224 e. The molecule has 0 saturated heterocycles. The molecule has 1 unspecified atom stereocenters. The van der Waals surface area contributed by atoms with E-state index in [0.29, 0.717) is 0 Å². The molecule has 0 fully saturated rings. The van der Waals surface area contributed by atoms with Crippen LogP contribution in [0.4, 0.5) is 0 Å². The highest BCUT2D eigenvalue weighted by Crippen LogP contribution is 2.18. The van der Waals surface area contributed by atoms with Crippen LogP contribution in [0.2, 0.25) is 0 Å². The molecule has 0 radical (unpaired) electrons. The Hall–Kier alpha value is -2.15. The molecule has 1 amide bonds. The van der Waals surface area contributed by atoms with Crippen molar-refractivity contribution in [3.8, 4) is 5.69 Å². The van der Waals surface area contributed by atoms with Gasteiger partial charge in [-0.05, 0) is 32.9 Å². The zero-order chi connectivity index (χ0) is 17.9. The summed E-state index contributed by atoms with van der Waals surface area (Å²) in [4.78, 5) is 12.2. The van der Waals surface area contributed by atoms with Gasteiger partial charge in [-0.3, -0.25) is 4.79 Å². The standard InChI is InChI=1S/C17H23N3O3S/c1-12(11-24(4,22)23)18-17(21)10-16-13(2)19-20(14(16)3)15-8-6-5-7-9-15/h5-9,12H,10-11H2,1-4H3,(H,18,21). The largest absolute Gasteiger partial charge is 0.352 e. The second kappa shape index (κ2) is 7.17. The van der Waals surface area contributed by atoms with Crippen molar-refractivity contribution < 1.29 is 13.2 Å². The number of nitrogens with zero attached hydrogens (tertiary/aromatic N) is 2. The molecule has 2 rings (SSSR count). The van der Waals surface area contributed by atoms with E-state index in [1.165, 1.54) is 0 Å². The van der Waals surface area contributed by atoms with E-state index in [0.717, 1.165) is 28.9 Å². The summed E-state index contributed by atoms with van der Waals surface area (Å²) in [6.45, 7) is 5.48. The van der Waals surface area contributed by atoms with E-state index in [2.05, 4.69) is 10.4 Å². The molecule has 24 heavy (non-hydrogen) atoms. The minimum absolute atomic E-state index is 0.0695. The summed E-state index contributed by atoms with van der Waals surface area (Å²) in [6, 6.07) is 9.30. The Bertz CT molecular complexity index is 826. The summed E-state index contributed by atoms with van der Waals surface area (Å²) in [6.07, 6.45) is 1.34. The average molecular weight is 349 g/mol. The number of hydrogen-bond donors (Lipinski definition) is 1. The van der Waals surface area contributed by atoms with Crippen LogP contribution in [0, 0.1) is 13.8 Å². The molecule has 1 aromatic carbocycles. The quantitative estimate of drug-likeness (QED) is 0.858. The number of para-hydroxylation sites is 1. The third-order valence-electron chi connectivity index (χ3n) is 3.74. The molecule has 130 valence electrons. The van der Waals surface area contributed by atoms with Gasteiger partial charge in [0, 0.05) is 23.6 Å². The third-order valence-corrected chi connectivity index (χ3v) is 4.84. The van der Waals surface area contributed by atoms with Crippen molar-refractivity contribution in [1.29, 1.82) is 0 Å². The third kappa shape index (κ3) is 4.67. The molecule has 1 N–H and O–H groups in total. The van der Waals surface area contributed by atoms with Crippen molar-refractivity contribution >= 4 is 15.7 Å². The van der Waals surface area contributed by atoms with Crippen molar-refractivity contribution in [3.63, 3.8) is 0 Å². The van der Waals surface area contributed by atoms with Gasteiger partial charge in [0.05, 0.1) is 23.6 Å². The molecule has 6 nitrogen and oxygen atoms in total. The van der Waals surface area contributed by atoms with Crippen LogP contribution in [0.25, 0.3) is 5.69 Å². The minimum atomic E-state index is -3.12. The van der Waals surface area contributed by atoms with Crippen LogP contribution in [0.1, 0.15) is 23.9 Å². The van der Waals surface area contributed by atoms with Crippen LogP contribution in [-0.2, 0) is 21.1 Å². The highest BCUT2D eigenvalue weighted by atomic mass is 32.2. The van der Waals surface area contributed by atoms with Crippen LogP contribution in [0.15, 0.2) is 30.3 Å². The number of hydrogen-bond acceptors (Lipinski definition) is 4. The predicted octanol–water partition coefficient (Wildman–Crippen LogP) is 1.58. The van der Waals surface area contributed by atoms with Gasteiger partial charge in [-0.15, -0.1) is 0 Å². The summed E-state index contributed by atoms with van der Waals surface area (Å²) in [5.41, 5.74) is 3.50. The number of rotatable bonds is 6. The van der Waals surface area contributed by atoms with Crippen LogP contribution in [0.3, 0.4) is 0 Å². The normalized spacial score (nSPS) is 12.8. The van der Waals surface area contributed by atoms with Crippen LogP contribution < -0.4 is 5.32 Å². The van der Waals surface area contributed by atoms with E-state index >= 15 is 0 Å². The zero-order valence-electron chi connectivity index (χ0n) is 14.4. The van der Waals surface area contributed by atoms with Gasteiger partial charge in [0.15, 0.2) is 0 Å². The second-order valence-corrected chi connectivity index (χ2v) is 8.32. The lowest BCUT2D eigenvalue weighted by Crippen LogP contribution is -2.38. The van der Waals surface area contributed by atoms with Gasteiger partial charge in [-0.2, -0.15) is 5.10 Å². The van der Waals surface area contributed by atoms with E-state index in [1.807, 2.05) is 48.9 Å². The first kappa shape index (κ1) is 18.2. The fourth-order valence-corrected chi connectivity index (χ4v) is 3.73. The Balaban J connectivity index is 2.13. The van der Waals surface area contributed by atoms with Gasteiger partial charge >= 0.3 is 0 Å². The van der Waals surface area contributed by atoms with E-state index in [4.69, 9.17) is 0 Å². The average Bonchev–Trinajstić information content (AvgIpc) is 2.74. The highest BCUT2D eigenvalue weighted by Gasteiger charge is 2.18. The molecule has 0 aliphatic rings. The summed E-state index contributed by atoms with van der Waals surface area (Å²) in [5, 5.41) is 7.25. The molecule has 2 aromatic rings. The first-order valence-corrected chi connectivity index (χ1v) is 9.81. The van der Waals surface area contributed by atoms with E-state index in [9.17, 15) is 13.2 Å². The highest BCUT2D eigenvalue weighted by molar-refractivity contribution is 7.90. The molecule has 0 spiro atoms. The zero-order valence-corrected chi connectivity index (χ0v) is 15.2.